The van der Waals surface area contributed by atoms with Gasteiger partial charge in [-0.3, -0.25) is 4.98 Å². The van der Waals surface area contributed by atoms with Crippen molar-refractivity contribution >= 4 is 10.0 Å². The maximum Gasteiger partial charge on any atom is 0.214 e. The zero-order valence-corrected chi connectivity index (χ0v) is 14.2. The molecule has 0 N–H and O–H groups in total. The van der Waals surface area contributed by atoms with Gasteiger partial charge in [0.15, 0.2) is 0 Å². The van der Waals surface area contributed by atoms with E-state index in [1.807, 2.05) is 12.1 Å². The van der Waals surface area contributed by atoms with Gasteiger partial charge in [0.1, 0.15) is 0 Å². The van der Waals surface area contributed by atoms with Crippen LogP contribution in [0.2, 0.25) is 0 Å². The van der Waals surface area contributed by atoms with Crippen LogP contribution in [0.5, 0.6) is 0 Å². The van der Waals surface area contributed by atoms with E-state index in [-0.39, 0.29) is 23.1 Å². The lowest BCUT2D eigenvalue weighted by Gasteiger charge is -2.53. The van der Waals surface area contributed by atoms with E-state index in [4.69, 9.17) is 0 Å². The zero-order chi connectivity index (χ0) is 15.7. The van der Waals surface area contributed by atoms with Crippen molar-refractivity contribution in [2.45, 2.75) is 46.6 Å². The average Bonchev–Trinajstić information content (AvgIpc) is 2.43. The van der Waals surface area contributed by atoms with Crippen LogP contribution in [-0.2, 0) is 10.0 Å². The zero-order valence-electron chi connectivity index (χ0n) is 13.4. The molecule has 1 fully saturated rings. The highest BCUT2D eigenvalue weighted by atomic mass is 32.2. The molecule has 118 valence electrons. The minimum Gasteiger partial charge on any atom is -0.265 e. The summed E-state index contributed by atoms with van der Waals surface area (Å²) < 4.78 is 27.1. The minimum absolute atomic E-state index is 0.0254. The Bertz CT molecular complexity index is 565. The van der Waals surface area contributed by atoms with Gasteiger partial charge in [-0.25, -0.2) is 8.42 Å². The molecule has 1 saturated heterocycles. The van der Waals surface area contributed by atoms with Crippen LogP contribution in [0.1, 0.15) is 52.1 Å². The first-order chi connectivity index (χ1) is 9.81. The Kier molecular flexibility index (Phi) is 4.73. The maximum atomic E-state index is 12.7. The van der Waals surface area contributed by atoms with Crippen LogP contribution >= 0.6 is 0 Å². The number of hydrogen-bond acceptors (Lipinski definition) is 3. The van der Waals surface area contributed by atoms with Gasteiger partial charge >= 0.3 is 0 Å². The summed E-state index contributed by atoms with van der Waals surface area (Å²) in [4.78, 5) is 4.03. The van der Waals surface area contributed by atoms with E-state index in [0.717, 1.165) is 18.4 Å². The van der Waals surface area contributed by atoms with Gasteiger partial charge in [0, 0.05) is 18.9 Å². The Labute approximate surface area is 128 Å². The summed E-state index contributed by atoms with van der Waals surface area (Å²) >= 11 is 0. The summed E-state index contributed by atoms with van der Waals surface area (Å²) in [6.07, 6.45) is 5.28. The second-order valence-corrected chi connectivity index (χ2v) is 8.64. The Morgan fingerprint density at radius 3 is 2.33 bits per heavy atom. The minimum atomic E-state index is -3.20. The molecule has 4 nitrogen and oxygen atoms in total. The monoisotopic (exact) mass is 310 g/mol. The lowest BCUT2D eigenvalue weighted by atomic mass is 9.74. The van der Waals surface area contributed by atoms with Crippen molar-refractivity contribution in [3.63, 3.8) is 0 Å². The van der Waals surface area contributed by atoms with E-state index < -0.39 is 10.0 Å². The molecule has 2 rings (SSSR count). The molecule has 0 aromatic carbocycles. The molecule has 2 heterocycles. The smallest absolute Gasteiger partial charge is 0.214 e. The number of hydrogen-bond donors (Lipinski definition) is 0. The predicted molar refractivity (Wildman–Crippen MR) is 85.3 cm³/mol. The molecule has 0 saturated carbocycles. The van der Waals surface area contributed by atoms with Crippen molar-refractivity contribution in [1.29, 1.82) is 0 Å². The van der Waals surface area contributed by atoms with Crippen molar-refractivity contribution in [3.8, 4) is 0 Å². The largest absolute Gasteiger partial charge is 0.265 e. The molecule has 5 heteroatoms. The molecule has 0 bridgehead atoms. The topological polar surface area (TPSA) is 50.3 Å². The second kappa shape index (κ2) is 6.05. The van der Waals surface area contributed by atoms with Crippen LogP contribution in [0.4, 0.5) is 0 Å². The van der Waals surface area contributed by atoms with Gasteiger partial charge in [-0.15, -0.1) is 0 Å². The normalized spacial score (nSPS) is 22.2. The Morgan fingerprint density at radius 2 is 1.86 bits per heavy atom. The molecule has 1 aliphatic heterocycles. The van der Waals surface area contributed by atoms with Crippen molar-refractivity contribution in [2.24, 2.45) is 11.3 Å². The fourth-order valence-electron chi connectivity index (χ4n) is 3.20. The van der Waals surface area contributed by atoms with Crippen molar-refractivity contribution in [1.82, 2.24) is 9.29 Å². The lowest BCUT2D eigenvalue weighted by Crippen LogP contribution is -2.58. The Morgan fingerprint density at radius 1 is 1.29 bits per heavy atom. The number of rotatable bonds is 6. The SMILES string of the molecule is CCC(CC)CS(=O)(=O)N1CC(C)(C)C1c1ccncc1. The Balaban J connectivity index is 2.24. The molecule has 21 heavy (non-hydrogen) atoms. The third kappa shape index (κ3) is 3.29. The van der Waals surface area contributed by atoms with Gasteiger partial charge in [-0.1, -0.05) is 40.5 Å². The highest BCUT2D eigenvalue weighted by molar-refractivity contribution is 7.89. The van der Waals surface area contributed by atoms with Crippen LogP contribution < -0.4 is 0 Å². The highest BCUT2D eigenvalue weighted by Crippen LogP contribution is 2.50. The van der Waals surface area contributed by atoms with Crippen LogP contribution in [0, 0.1) is 11.3 Å². The number of nitrogens with zero attached hydrogens (tertiary/aromatic N) is 2. The van der Waals surface area contributed by atoms with Gasteiger partial charge in [-0.2, -0.15) is 4.31 Å². The quantitative estimate of drug-likeness (QED) is 0.810. The van der Waals surface area contributed by atoms with Gasteiger partial charge < -0.3 is 0 Å². The summed E-state index contributed by atoms with van der Waals surface area (Å²) in [5, 5.41) is 0. The van der Waals surface area contributed by atoms with Gasteiger partial charge in [0.2, 0.25) is 10.0 Å². The molecule has 0 aliphatic carbocycles. The first kappa shape index (κ1) is 16.4. The molecule has 0 amide bonds. The van der Waals surface area contributed by atoms with Crippen LogP contribution in [0.25, 0.3) is 0 Å². The number of pyridine rings is 1. The summed E-state index contributed by atoms with van der Waals surface area (Å²) in [5.74, 6) is 0.509. The summed E-state index contributed by atoms with van der Waals surface area (Å²) in [7, 11) is -3.20. The molecule has 1 aliphatic rings. The number of sulfonamides is 1. The van der Waals surface area contributed by atoms with Crippen LogP contribution in [-0.4, -0.2) is 30.0 Å². The van der Waals surface area contributed by atoms with Crippen molar-refractivity contribution in [3.05, 3.63) is 30.1 Å². The molecular formula is C16H26N2O2S. The molecule has 1 aromatic heterocycles. The summed E-state index contributed by atoms with van der Waals surface area (Å²) in [6, 6.07) is 3.77. The Hall–Kier alpha value is -0.940. The van der Waals surface area contributed by atoms with Crippen molar-refractivity contribution in [2.75, 3.05) is 12.3 Å². The molecule has 0 radical (unpaired) electrons. The third-order valence-electron chi connectivity index (χ3n) is 4.57. The summed E-state index contributed by atoms with van der Waals surface area (Å²) in [5.41, 5.74) is 1.01. The summed E-state index contributed by atoms with van der Waals surface area (Å²) in [6.45, 7) is 8.97. The first-order valence-corrected chi connectivity index (χ1v) is 9.32. The average molecular weight is 310 g/mol. The van der Waals surface area contributed by atoms with E-state index in [1.54, 1.807) is 16.7 Å². The highest BCUT2D eigenvalue weighted by Gasteiger charge is 2.51. The van der Waals surface area contributed by atoms with Crippen LogP contribution in [0.3, 0.4) is 0 Å². The predicted octanol–water partition coefficient (Wildman–Crippen LogP) is 3.23. The third-order valence-corrected chi connectivity index (χ3v) is 6.52. The standard InChI is InChI=1S/C16H26N2O2S/c1-5-13(6-2)11-21(19,20)18-12-16(3,4)15(18)14-7-9-17-10-8-14/h7-10,13,15H,5-6,11-12H2,1-4H3. The molecule has 1 unspecified atom stereocenters. The molecule has 1 atom stereocenters. The van der Waals surface area contributed by atoms with Crippen LogP contribution in [0.15, 0.2) is 24.5 Å². The van der Waals surface area contributed by atoms with Gasteiger partial charge in [0.05, 0.1) is 11.8 Å². The van der Waals surface area contributed by atoms with Gasteiger partial charge in [0.25, 0.3) is 0 Å². The second-order valence-electron chi connectivity index (χ2n) is 6.68. The van der Waals surface area contributed by atoms with Gasteiger partial charge in [-0.05, 0) is 29.0 Å². The van der Waals surface area contributed by atoms with E-state index in [2.05, 4.69) is 32.7 Å². The van der Waals surface area contributed by atoms with E-state index in [1.165, 1.54) is 0 Å². The first-order valence-electron chi connectivity index (χ1n) is 7.71. The molecular weight excluding hydrogens is 284 g/mol. The molecule has 0 spiro atoms. The number of aromatic nitrogens is 1. The van der Waals surface area contributed by atoms with Crippen molar-refractivity contribution < 1.29 is 8.42 Å². The maximum absolute atomic E-state index is 12.7. The lowest BCUT2D eigenvalue weighted by molar-refractivity contribution is 0.0194. The van der Waals surface area contributed by atoms with E-state index in [9.17, 15) is 8.42 Å². The fourth-order valence-corrected chi connectivity index (χ4v) is 5.71. The van der Waals surface area contributed by atoms with E-state index >= 15 is 0 Å². The fraction of sp³-hybridized carbons (Fsp3) is 0.688. The van der Waals surface area contributed by atoms with E-state index in [0.29, 0.717) is 6.54 Å². The molecule has 1 aromatic rings.